The van der Waals surface area contributed by atoms with Gasteiger partial charge in [0.05, 0.1) is 23.5 Å². The SMILES string of the molecule is Cc1c(Cl)cnn1CCC1CCCC1(N)CO. The molecule has 1 aliphatic carbocycles. The standard InChI is InChI=1S/C12H20ClN3O/c1-9-11(13)7-15-16(9)6-4-10-3-2-5-12(10,14)8-17/h7,10,17H,2-6,8,14H2,1H3. The van der Waals surface area contributed by atoms with Gasteiger partial charge in [0.2, 0.25) is 0 Å². The van der Waals surface area contributed by atoms with Crippen molar-refractivity contribution in [3.8, 4) is 0 Å². The highest BCUT2D eigenvalue weighted by Gasteiger charge is 2.38. The number of nitrogens with two attached hydrogens (primary N) is 1. The van der Waals surface area contributed by atoms with Crippen molar-refractivity contribution in [1.29, 1.82) is 0 Å². The largest absolute Gasteiger partial charge is 0.394 e. The van der Waals surface area contributed by atoms with E-state index >= 15 is 0 Å². The quantitative estimate of drug-likeness (QED) is 0.863. The van der Waals surface area contributed by atoms with E-state index < -0.39 is 0 Å². The van der Waals surface area contributed by atoms with Gasteiger partial charge in [-0.1, -0.05) is 18.0 Å². The summed E-state index contributed by atoms with van der Waals surface area (Å²) in [7, 11) is 0. The van der Waals surface area contributed by atoms with Crippen LogP contribution in [0.25, 0.3) is 0 Å². The van der Waals surface area contributed by atoms with Gasteiger partial charge >= 0.3 is 0 Å². The highest BCUT2D eigenvalue weighted by atomic mass is 35.5. The second-order valence-electron chi connectivity index (χ2n) is 5.07. The van der Waals surface area contributed by atoms with Gasteiger partial charge in [-0.15, -0.1) is 0 Å². The van der Waals surface area contributed by atoms with Crippen LogP contribution in [0.2, 0.25) is 5.02 Å². The molecule has 1 aliphatic rings. The van der Waals surface area contributed by atoms with Crippen molar-refractivity contribution in [2.45, 2.75) is 44.7 Å². The molecule has 17 heavy (non-hydrogen) atoms. The lowest BCUT2D eigenvalue weighted by Crippen LogP contribution is -2.47. The second kappa shape index (κ2) is 4.96. The predicted molar refractivity (Wildman–Crippen MR) is 67.9 cm³/mol. The highest BCUT2D eigenvalue weighted by Crippen LogP contribution is 2.36. The Labute approximate surface area is 107 Å². The van der Waals surface area contributed by atoms with Gasteiger partial charge in [0.1, 0.15) is 0 Å². The summed E-state index contributed by atoms with van der Waals surface area (Å²) >= 11 is 5.96. The number of hydrogen-bond acceptors (Lipinski definition) is 3. The fourth-order valence-corrected chi connectivity index (χ4v) is 2.88. The van der Waals surface area contributed by atoms with Crippen LogP contribution >= 0.6 is 11.6 Å². The van der Waals surface area contributed by atoms with Crippen LogP contribution < -0.4 is 5.73 Å². The van der Waals surface area contributed by atoms with Crippen LogP contribution in [0.4, 0.5) is 0 Å². The molecule has 0 radical (unpaired) electrons. The van der Waals surface area contributed by atoms with Gasteiger partial charge in [0.25, 0.3) is 0 Å². The number of halogens is 1. The average molecular weight is 258 g/mol. The summed E-state index contributed by atoms with van der Waals surface area (Å²) in [5, 5.41) is 14.3. The van der Waals surface area contributed by atoms with Crippen LogP contribution in [0.5, 0.6) is 0 Å². The molecule has 4 nitrogen and oxygen atoms in total. The van der Waals surface area contributed by atoms with Crippen molar-refractivity contribution in [3.05, 3.63) is 16.9 Å². The molecule has 1 saturated carbocycles. The van der Waals surface area contributed by atoms with Crippen molar-refractivity contribution in [3.63, 3.8) is 0 Å². The van der Waals surface area contributed by atoms with E-state index in [0.717, 1.165) is 37.9 Å². The molecular formula is C12H20ClN3O. The number of aryl methyl sites for hydroxylation is 1. The van der Waals surface area contributed by atoms with E-state index in [1.807, 2.05) is 11.6 Å². The molecule has 1 fully saturated rings. The van der Waals surface area contributed by atoms with Gasteiger partial charge in [-0.25, -0.2) is 0 Å². The summed E-state index contributed by atoms with van der Waals surface area (Å²) in [5.41, 5.74) is 6.82. The van der Waals surface area contributed by atoms with Gasteiger partial charge in [0.15, 0.2) is 0 Å². The van der Waals surface area contributed by atoms with E-state index in [9.17, 15) is 5.11 Å². The normalized spacial score (nSPS) is 28.8. The van der Waals surface area contributed by atoms with Crippen molar-refractivity contribution in [2.24, 2.45) is 11.7 Å². The molecule has 1 aromatic heterocycles. The minimum Gasteiger partial charge on any atom is -0.394 e. The van der Waals surface area contributed by atoms with E-state index in [4.69, 9.17) is 17.3 Å². The molecule has 0 aliphatic heterocycles. The predicted octanol–water partition coefficient (Wildman–Crippen LogP) is 1.72. The number of aliphatic hydroxyl groups excluding tert-OH is 1. The second-order valence-corrected chi connectivity index (χ2v) is 5.48. The monoisotopic (exact) mass is 257 g/mol. The molecule has 2 atom stereocenters. The van der Waals surface area contributed by atoms with Crippen LogP contribution in [0.1, 0.15) is 31.4 Å². The van der Waals surface area contributed by atoms with Crippen molar-refractivity contribution < 1.29 is 5.11 Å². The zero-order chi connectivity index (χ0) is 12.5. The summed E-state index contributed by atoms with van der Waals surface area (Å²) in [6, 6.07) is 0. The number of hydrogen-bond donors (Lipinski definition) is 2. The van der Waals surface area contributed by atoms with E-state index in [2.05, 4.69) is 5.10 Å². The van der Waals surface area contributed by atoms with Crippen LogP contribution in [0, 0.1) is 12.8 Å². The molecule has 2 rings (SSSR count). The van der Waals surface area contributed by atoms with Gasteiger partial charge in [0, 0.05) is 12.1 Å². The molecule has 1 heterocycles. The molecule has 3 N–H and O–H groups in total. The third-order valence-corrected chi connectivity index (χ3v) is 4.41. The Hall–Kier alpha value is -0.580. The molecule has 5 heteroatoms. The number of aromatic nitrogens is 2. The lowest BCUT2D eigenvalue weighted by Gasteiger charge is -2.29. The maximum atomic E-state index is 9.38. The first-order chi connectivity index (χ1) is 8.07. The van der Waals surface area contributed by atoms with E-state index in [-0.39, 0.29) is 12.1 Å². The smallest absolute Gasteiger partial charge is 0.0814 e. The Morgan fingerprint density at radius 2 is 2.47 bits per heavy atom. The van der Waals surface area contributed by atoms with Crippen LogP contribution in [-0.2, 0) is 6.54 Å². The Kier molecular flexibility index (Phi) is 3.76. The zero-order valence-corrected chi connectivity index (χ0v) is 11.0. The van der Waals surface area contributed by atoms with Crippen LogP contribution in [0.15, 0.2) is 6.20 Å². The Morgan fingerprint density at radius 1 is 1.71 bits per heavy atom. The zero-order valence-electron chi connectivity index (χ0n) is 10.2. The maximum absolute atomic E-state index is 9.38. The molecular weight excluding hydrogens is 238 g/mol. The third-order valence-electron chi connectivity index (χ3n) is 4.03. The van der Waals surface area contributed by atoms with Crippen molar-refractivity contribution in [1.82, 2.24) is 9.78 Å². The summed E-state index contributed by atoms with van der Waals surface area (Å²) in [6.45, 7) is 2.87. The lowest BCUT2D eigenvalue weighted by atomic mass is 9.86. The van der Waals surface area contributed by atoms with Gasteiger partial charge in [-0.2, -0.15) is 5.10 Å². The Morgan fingerprint density at radius 3 is 3.06 bits per heavy atom. The molecule has 1 aromatic rings. The van der Waals surface area contributed by atoms with Crippen molar-refractivity contribution >= 4 is 11.6 Å². The lowest BCUT2D eigenvalue weighted by molar-refractivity contribution is 0.152. The molecule has 2 unspecified atom stereocenters. The molecule has 0 spiro atoms. The minimum atomic E-state index is -0.384. The van der Waals surface area contributed by atoms with E-state index in [1.165, 1.54) is 0 Å². The summed E-state index contributed by atoms with van der Waals surface area (Å²) in [5.74, 6) is 0.384. The third kappa shape index (κ3) is 2.49. The number of rotatable bonds is 4. The van der Waals surface area contributed by atoms with E-state index in [0.29, 0.717) is 10.9 Å². The molecule has 0 amide bonds. The molecule has 0 bridgehead atoms. The van der Waals surface area contributed by atoms with Gasteiger partial charge in [-0.3, -0.25) is 4.68 Å². The van der Waals surface area contributed by atoms with E-state index in [1.54, 1.807) is 6.20 Å². The Bertz CT molecular complexity index is 393. The number of nitrogens with zero attached hydrogens (tertiary/aromatic N) is 2. The molecule has 0 saturated heterocycles. The highest BCUT2D eigenvalue weighted by molar-refractivity contribution is 6.31. The molecule has 96 valence electrons. The van der Waals surface area contributed by atoms with Crippen LogP contribution in [-0.4, -0.2) is 27.0 Å². The van der Waals surface area contributed by atoms with Crippen LogP contribution in [0.3, 0.4) is 0 Å². The first-order valence-corrected chi connectivity index (χ1v) is 6.52. The summed E-state index contributed by atoms with van der Waals surface area (Å²) < 4.78 is 1.92. The summed E-state index contributed by atoms with van der Waals surface area (Å²) in [6.07, 6.45) is 5.77. The first-order valence-electron chi connectivity index (χ1n) is 6.14. The fourth-order valence-electron chi connectivity index (χ4n) is 2.74. The average Bonchev–Trinajstić information content (AvgIpc) is 2.84. The van der Waals surface area contributed by atoms with Gasteiger partial charge < -0.3 is 10.8 Å². The van der Waals surface area contributed by atoms with Gasteiger partial charge in [-0.05, 0) is 32.1 Å². The number of aliphatic hydroxyl groups is 1. The fraction of sp³-hybridized carbons (Fsp3) is 0.750. The molecule has 0 aromatic carbocycles. The Balaban J connectivity index is 1.96. The summed E-state index contributed by atoms with van der Waals surface area (Å²) in [4.78, 5) is 0. The van der Waals surface area contributed by atoms with Crippen molar-refractivity contribution in [2.75, 3.05) is 6.61 Å². The first kappa shape index (κ1) is 12.9. The minimum absolute atomic E-state index is 0.0799. The topological polar surface area (TPSA) is 64.1 Å². The maximum Gasteiger partial charge on any atom is 0.0814 e.